The molecule has 2 unspecified atom stereocenters. The van der Waals surface area contributed by atoms with Crippen LogP contribution in [0.3, 0.4) is 0 Å². The number of hydrogen-bond donors (Lipinski definition) is 1. The zero-order valence-corrected chi connectivity index (χ0v) is 39.9. The number of unbranched alkanes of at least 4 members (excludes halogenated alkanes) is 27. The third-order valence-electron chi connectivity index (χ3n) is 10.9. The number of likely N-dealkylation sites (N-methyl/N-ethyl adjacent to an activating group) is 1. The molecule has 0 aromatic carbocycles. The smallest absolute Gasteiger partial charge is 0.361 e. The van der Waals surface area contributed by atoms with Gasteiger partial charge in [0.05, 0.1) is 34.4 Å². The van der Waals surface area contributed by atoms with Crippen molar-refractivity contribution in [2.45, 2.75) is 238 Å². The van der Waals surface area contributed by atoms with Crippen LogP contribution in [0.5, 0.6) is 0 Å². The lowest BCUT2D eigenvalue weighted by molar-refractivity contribution is -0.870. The number of esters is 2. The number of ether oxygens (including phenoxy) is 4. The Morgan fingerprint density at radius 2 is 0.850 bits per heavy atom. The van der Waals surface area contributed by atoms with Crippen LogP contribution < -0.4 is 0 Å². The summed E-state index contributed by atoms with van der Waals surface area (Å²) in [4.78, 5) is 37.2. The number of carboxylic acid groups (broad SMARTS) is 1. The van der Waals surface area contributed by atoms with E-state index >= 15 is 0 Å². The maximum atomic E-state index is 12.8. The van der Waals surface area contributed by atoms with E-state index in [-0.39, 0.29) is 32.2 Å². The van der Waals surface area contributed by atoms with Gasteiger partial charge >= 0.3 is 17.9 Å². The Hall–Kier alpha value is -2.23. The van der Waals surface area contributed by atoms with Crippen LogP contribution in [-0.4, -0.2) is 87.4 Å². The maximum Gasteiger partial charge on any atom is 0.361 e. The molecular weight excluding hydrogens is 755 g/mol. The van der Waals surface area contributed by atoms with Gasteiger partial charge in [-0.15, -0.1) is 0 Å². The highest BCUT2D eigenvalue weighted by Gasteiger charge is 2.25. The molecule has 0 saturated carbocycles. The largest absolute Gasteiger partial charge is 0.477 e. The van der Waals surface area contributed by atoms with Crippen molar-refractivity contribution in [2.75, 3.05) is 47.5 Å². The van der Waals surface area contributed by atoms with Crippen LogP contribution in [0.4, 0.5) is 0 Å². The van der Waals surface area contributed by atoms with E-state index in [2.05, 4.69) is 38.2 Å². The topological polar surface area (TPSA) is 108 Å². The Bertz CT molecular complexity index is 1040. The van der Waals surface area contributed by atoms with Gasteiger partial charge < -0.3 is 28.5 Å². The van der Waals surface area contributed by atoms with Crippen LogP contribution >= 0.6 is 0 Å². The fraction of sp³-hybridized carbons (Fsp3) is 0.863. The molecule has 0 aliphatic heterocycles. The first-order valence-electron chi connectivity index (χ1n) is 25.0. The molecular formula is C51H96NO8+. The number of rotatable bonds is 46. The van der Waals surface area contributed by atoms with E-state index in [0.717, 1.165) is 51.4 Å². The summed E-state index contributed by atoms with van der Waals surface area (Å²) in [6, 6.07) is 0. The molecule has 60 heavy (non-hydrogen) atoms. The predicted octanol–water partition coefficient (Wildman–Crippen LogP) is 13.6. The van der Waals surface area contributed by atoms with Gasteiger partial charge in [-0.2, -0.15) is 0 Å². The molecule has 0 aromatic heterocycles. The minimum atomic E-state index is -1.51. The van der Waals surface area contributed by atoms with Gasteiger partial charge in [-0.1, -0.05) is 173 Å². The summed E-state index contributed by atoms with van der Waals surface area (Å²) in [5.74, 6) is -2.01. The Balaban J connectivity index is 4.36. The Labute approximate surface area is 369 Å². The van der Waals surface area contributed by atoms with Crippen LogP contribution in [0.15, 0.2) is 24.3 Å². The molecule has 0 spiro atoms. The molecule has 0 saturated heterocycles. The predicted molar refractivity (Wildman–Crippen MR) is 249 cm³/mol. The first-order valence-corrected chi connectivity index (χ1v) is 25.0. The van der Waals surface area contributed by atoms with Crippen molar-refractivity contribution in [3.8, 4) is 0 Å². The normalized spacial score (nSPS) is 13.0. The molecule has 352 valence electrons. The van der Waals surface area contributed by atoms with Crippen molar-refractivity contribution < 1.29 is 42.9 Å². The molecule has 0 aromatic rings. The summed E-state index contributed by atoms with van der Waals surface area (Å²) in [5.41, 5.74) is 0. The number of quaternary nitrogens is 1. The first kappa shape index (κ1) is 57.8. The lowest BCUT2D eigenvalue weighted by atomic mass is 10.1. The van der Waals surface area contributed by atoms with Crippen LogP contribution in [0.25, 0.3) is 0 Å². The van der Waals surface area contributed by atoms with Gasteiger partial charge in [0.15, 0.2) is 6.10 Å². The number of carbonyl (C=O) groups is 3. The Morgan fingerprint density at radius 3 is 1.23 bits per heavy atom. The average Bonchev–Trinajstić information content (AvgIpc) is 3.21. The molecule has 9 nitrogen and oxygen atoms in total. The lowest BCUT2D eigenvalue weighted by Gasteiger charge is -2.25. The Morgan fingerprint density at radius 1 is 0.483 bits per heavy atom. The first-order chi connectivity index (χ1) is 29.1. The highest BCUT2D eigenvalue weighted by atomic mass is 16.7. The quantitative estimate of drug-likeness (QED) is 0.0212. The van der Waals surface area contributed by atoms with Crippen LogP contribution in [0.2, 0.25) is 0 Å². The van der Waals surface area contributed by atoms with Gasteiger partial charge in [0.25, 0.3) is 6.29 Å². The molecule has 0 fully saturated rings. The van der Waals surface area contributed by atoms with E-state index in [0.29, 0.717) is 17.4 Å². The van der Waals surface area contributed by atoms with Crippen molar-refractivity contribution in [2.24, 2.45) is 0 Å². The van der Waals surface area contributed by atoms with Crippen molar-refractivity contribution in [1.82, 2.24) is 0 Å². The SMILES string of the molecule is CCCCCCCC/C=C\CCCCCCCCCCCC(=O)OC(COC(=O)CCCCCCC/C=C\CCCCCCCCC)COC(OCC[N+](C)(C)C)C(=O)O. The Kier molecular flexibility index (Phi) is 41.8. The second-order valence-electron chi connectivity index (χ2n) is 18.1. The lowest BCUT2D eigenvalue weighted by Crippen LogP contribution is -2.40. The molecule has 9 heteroatoms. The molecule has 0 aliphatic carbocycles. The van der Waals surface area contributed by atoms with Crippen molar-refractivity contribution >= 4 is 17.9 Å². The summed E-state index contributed by atoms with van der Waals surface area (Å²) < 4.78 is 22.8. The van der Waals surface area contributed by atoms with E-state index in [1.54, 1.807) is 0 Å². The molecule has 0 bridgehead atoms. The highest BCUT2D eigenvalue weighted by Crippen LogP contribution is 2.15. The van der Waals surface area contributed by atoms with Gasteiger partial charge in [-0.05, 0) is 64.2 Å². The summed E-state index contributed by atoms with van der Waals surface area (Å²) in [5, 5.41) is 9.66. The zero-order valence-electron chi connectivity index (χ0n) is 39.9. The molecule has 2 atom stereocenters. The summed E-state index contributed by atoms with van der Waals surface area (Å²) in [7, 11) is 5.96. The van der Waals surface area contributed by atoms with Gasteiger partial charge in [0, 0.05) is 12.8 Å². The number of aliphatic carboxylic acids is 1. The molecule has 0 radical (unpaired) electrons. The third-order valence-corrected chi connectivity index (χ3v) is 10.9. The molecule has 0 rings (SSSR count). The fourth-order valence-corrected chi connectivity index (χ4v) is 7.00. The molecule has 0 aliphatic rings. The van der Waals surface area contributed by atoms with E-state index in [9.17, 15) is 19.5 Å². The van der Waals surface area contributed by atoms with E-state index < -0.39 is 24.3 Å². The standard InChI is InChI=1S/C51H95NO8/c1-6-8-10-12-14-16-18-20-22-24-25-26-28-30-32-34-36-38-40-42-49(54)60-47(46-59-51(50(55)56)57-44-43-52(3,4)5)45-58-48(53)41-39-37-35-33-31-29-27-23-21-19-17-15-13-11-9-7-2/h20,22-23,27,47,51H,6-19,21,24-26,28-46H2,1-5H3/p+1/b22-20-,27-23-. The molecule has 0 amide bonds. The van der Waals surface area contributed by atoms with Crippen molar-refractivity contribution in [1.29, 1.82) is 0 Å². The fourth-order valence-electron chi connectivity index (χ4n) is 7.00. The number of allylic oxidation sites excluding steroid dienone is 4. The highest BCUT2D eigenvalue weighted by molar-refractivity contribution is 5.71. The monoisotopic (exact) mass is 851 g/mol. The zero-order chi connectivity index (χ0) is 44.2. The second kappa shape index (κ2) is 43.4. The molecule has 1 N–H and O–H groups in total. The molecule has 0 heterocycles. The van der Waals surface area contributed by atoms with Gasteiger partial charge in [0.2, 0.25) is 0 Å². The summed E-state index contributed by atoms with van der Waals surface area (Å²) in [6.07, 6.45) is 45.2. The van der Waals surface area contributed by atoms with Crippen LogP contribution in [-0.2, 0) is 33.3 Å². The maximum absolute atomic E-state index is 12.8. The van der Waals surface area contributed by atoms with Crippen LogP contribution in [0, 0.1) is 0 Å². The van der Waals surface area contributed by atoms with Crippen molar-refractivity contribution in [3.05, 3.63) is 24.3 Å². The number of nitrogens with zero attached hydrogens (tertiary/aromatic N) is 1. The van der Waals surface area contributed by atoms with Crippen LogP contribution in [0.1, 0.15) is 226 Å². The third kappa shape index (κ3) is 43.8. The second-order valence-corrected chi connectivity index (χ2v) is 18.1. The van der Waals surface area contributed by atoms with Gasteiger partial charge in [-0.3, -0.25) is 9.59 Å². The van der Waals surface area contributed by atoms with Crippen molar-refractivity contribution in [3.63, 3.8) is 0 Å². The number of carbonyl (C=O) groups excluding carboxylic acids is 2. The minimum Gasteiger partial charge on any atom is -0.477 e. The van der Waals surface area contributed by atoms with E-state index in [1.165, 1.54) is 148 Å². The van der Waals surface area contributed by atoms with Gasteiger partial charge in [0.1, 0.15) is 13.2 Å². The van der Waals surface area contributed by atoms with Gasteiger partial charge in [-0.25, -0.2) is 4.79 Å². The average molecular weight is 851 g/mol. The number of hydrogen-bond acceptors (Lipinski definition) is 7. The number of carboxylic acids is 1. The summed E-state index contributed by atoms with van der Waals surface area (Å²) in [6.45, 7) is 4.88. The van der Waals surface area contributed by atoms with E-state index in [1.807, 2.05) is 21.1 Å². The van der Waals surface area contributed by atoms with E-state index in [4.69, 9.17) is 18.9 Å². The summed E-state index contributed by atoms with van der Waals surface area (Å²) >= 11 is 0. The minimum absolute atomic E-state index is 0.184.